The second kappa shape index (κ2) is 2.72. The van der Waals surface area contributed by atoms with Gasteiger partial charge in [-0.05, 0) is 11.4 Å². The third-order valence-corrected chi connectivity index (χ3v) is 2.68. The van der Waals surface area contributed by atoms with Crippen LogP contribution in [0.4, 0.5) is 0 Å². The zero-order valence-electron chi connectivity index (χ0n) is 3.87. The first kappa shape index (κ1) is 7.50. The first-order valence-corrected chi connectivity index (χ1v) is 4.96. The zero-order chi connectivity index (χ0) is 5.91. The molecule has 0 aromatic carbocycles. The van der Waals surface area contributed by atoms with Gasteiger partial charge in [0.15, 0.2) is 0 Å². The highest BCUT2D eigenvalue weighted by molar-refractivity contribution is 8.54. The summed E-state index contributed by atoms with van der Waals surface area (Å²) in [6.07, 6.45) is 0. The van der Waals surface area contributed by atoms with E-state index in [1.54, 1.807) is 6.92 Å². The van der Waals surface area contributed by atoms with Crippen molar-refractivity contribution in [2.75, 3.05) is 5.75 Å². The average Bonchev–Trinajstić information content (AvgIpc) is 1.30. The molecule has 3 nitrogen and oxygen atoms in total. The smallest absolute Gasteiger partial charge is 0.317 e. The second-order valence-corrected chi connectivity index (χ2v) is 4.93. The molecule has 0 fully saturated rings. The van der Waals surface area contributed by atoms with Crippen LogP contribution in [0.2, 0.25) is 0 Å². The van der Waals surface area contributed by atoms with Crippen LogP contribution in [0.25, 0.3) is 0 Å². The molecule has 0 atom stereocenters. The second-order valence-electron chi connectivity index (χ2n) is 0.908. The van der Waals surface area contributed by atoms with E-state index in [2.05, 4.69) is 0 Å². The lowest BCUT2D eigenvalue weighted by molar-refractivity contribution is 0.397. The molecule has 2 N–H and O–H groups in total. The van der Waals surface area contributed by atoms with Gasteiger partial charge in [-0.25, -0.2) is 4.57 Å². The van der Waals surface area contributed by atoms with E-state index in [1.807, 2.05) is 0 Å². The lowest BCUT2D eigenvalue weighted by Gasteiger charge is -1.95. The molecule has 0 aromatic heterocycles. The van der Waals surface area contributed by atoms with Crippen LogP contribution >= 0.6 is 18.2 Å². The van der Waals surface area contributed by atoms with Crippen molar-refractivity contribution in [3.8, 4) is 0 Å². The Bertz CT molecular complexity index is 86.9. The van der Waals surface area contributed by atoms with Crippen molar-refractivity contribution in [3.05, 3.63) is 0 Å². The molecule has 0 amide bonds. The molecule has 0 aliphatic heterocycles. The monoisotopic (exact) mass is 142 g/mol. The molecule has 5 heteroatoms. The van der Waals surface area contributed by atoms with E-state index in [1.165, 1.54) is 0 Å². The molecule has 0 spiro atoms. The largest absolute Gasteiger partial charge is 0.383 e. The summed E-state index contributed by atoms with van der Waals surface area (Å²) in [7, 11) is 0. The molecule has 44 valence electrons. The van der Waals surface area contributed by atoms with Crippen molar-refractivity contribution < 1.29 is 14.4 Å². The molecule has 0 saturated carbocycles. The molecular weight excluding hydrogens is 135 g/mol. The highest BCUT2D eigenvalue weighted by Crippen LogP contribution is 2.49. The molecule has 0 rings (SSSR count). The molecule has 7 heavy (non-hydrogen) atoms. The first-order valence-electron chi connectivity index (χ1n) is 1.76. The van der Waals surface area contributed by atoms with Crippen LogP contribution in [0.5, 0.6) is 0 Å². The van der Waals surface area contributed by atoms with Crippen LogP contribution in [0.15, 0.2) is 0 Å². The standard InChI is InChI=1S/C2H7O3PS/c1-2-7-6(3,4)5/h2H2,1H3,(H2,3,4,5). The Labute approximate surface area is 46.0 Å². The predicted octanol–water partition coefficient (Wildman–Crippen LogP) is 0.832. The van der Waals surface area contributed by atoms with Gasteiger partial charge in [-0.1, -0.05) is 6.92 Å². The maximum absolute atomic E-state index is 9.89. The summed E-state index contributed by atoms with van der Waals surface area (Å²) in [5.74, 6) is 0.463. The van der Waals surface area contributed by atoms with Gasteiger partial charge in [0.25, 0.3) is 0 Å². The minimum absolute atomic E-state index is 0.463. The van der Waals surface area contributed by atoms with Crippen LogP contribution in [0.3, 0.4) is 0 Å². The van der Waals surface area contributed by atoms with Crippen molar-refractivity contribution in [1.29, 1.82) is 0 Å². The van der Waals surface area contributed by atoms with E-state index < -0.39 is 6.80 Å². The maximum Gasteiger partial charge on any atom is 0.383 e. The van der Waals surface area contributed by atoms with Gasteiger partial charge in [0.1, 0.15) is 0 Å². The fourth-order valence-electron chi connectivity index (χ4n) is 0.168. The van der Waals surface area contributed by atoms with Crippen molar-refractivity contribution >= 4 is 18.2 Å². The summed E-state index contributed by atoms with van der Waals surface area (Å²) in [6.45, 7) is -2.05. The summed E-state index contributed by atoms with van der Waals surface area (Å²) < 4.78 is 9.89. The zero-order valence-corrected chi connectivity index (χ0v) is 5.58. The number of hydrogen-bond donors (Lipinski definition) is 2. The van der Waals surface area contributed by atoms with Crippen molar-refractivity contribution in [1.82, 2.24) is 0 Å². The molecular formula is C2H7O3PS. The summed E-state index contributed by atoms with van der Waals surface area (Å²) >= 11 is 0.655. The molecule has 0 heterocycles. The Balaban J connectivity index is 3.36. The van der Waals surface area contributed by atoms with Crippen LogP contribution in [0.1, 0.15) is 6.92 Å². The molecule has 0 aliphatic rings. The van der Waals surface area contributed by atoms with Gasteiger partial charge in [0, 0.05) is 5.75 Å². The van der Waals surface area contributed by atoms with Gasteiger partial charge >= 0.3 is 6.80 Å². The van der Waals surface area contributed by atoms with Gasteiger partial charge in [0.2, 0.25) is 0 Å². The van der Waals surface area contributed by atoms with Gasteiger partial charge in [-0.3, -0.25) is 0 Å². The summed E-state index contributed by atoms with van der Waals surface area (Å²) in [5.41, 5.74) is 0. The molecule has 0 bridgehead atoms. The summed E-state index contributed by atoms with van der Waals surface area (Å²) in [5, 5.41) is 0. The predicted molar refractivity (Wildman–Crippen MR) is 30.2 cm³/mol. The van der Waals surface area contributed by atoms with Crippen LogP contribution in [-0.4, -0.2) is 15.5 Å². The lowest BCUT2D eigenvalue weighted by atomic mass is 11.0. The SMILES string of the molecule is CCSP(=O)(O)O. The van der Waals surface area contributed by atoms with Crippen LogP contribution < -0.4 is 0 Å². The summed E-state index contributed by atoms with van der Waals surface area (Å²) in [4.78, 5) is 16.2. The third kappa shape index (κ3) is 6.50. The van der Waals surface area contributed by atoms with E-state index >= 15 is 0 Å². The molecule has 0 aliphatic carbocycles. The average molecular weight is 142 g/mol. The van der Waals surface area contributed by atoms with Crippen molar-refractivity contribution in [2.24, 2.45) is 0 Å². The van der Waals surface area contributed by atoms with E-state index in [4.69, 9.17) is 9.79 Å². The van der Waals surface area contributed by atoms with E-state index in [-0.39, 0.29) is 0 Å². The first-order chi connectivity index (χ1) is 3.06. The quantitative estimate of drug-likeness (QED) is 0.561. The normalized spacial score (nSPS) is 11.9. The maximum atomic E-state index is 9.89. The Hall–Kier alpha value is 0.500. The van der Waals surface area contributed by atoms with Gasteiger partial charge in [-0.15, -0.1) is 0 Å². The molecule has 0 unspecified atom stereocenters. The van der Waals surface area contributed by atoms with Gasteiger partial charge in [0.05, 0.1) is 0 Å². The van der Waals surface area contributed by atoms with E-state index in [0.29, 0.717) is 17.1 Å². The Morgan fingerprint density at radius 1 is 1.71 bits per heavy atom. The fourth-order valence-corrected chi connectivity index (χ4v) is 1.51. The van der Waals surface area contributed by atoms with Gasteiger partial charge in [-0.2, -0.15) is 0 Å². The molecule has 0 saturated heterocycles. The number of hydrogen-bond acceptors (Lipinski definition) is 2. The minimum atomic E-state index is -3.75. The van der Waals surface area contributed by atoms with E-state index in [0.717, 1.165) is 0 Å². The van der Waals surface area contributed by atoms with Crippen LogP contribution in [-0.2, 0) is 4.57 Å². The molecule has 0 radical (unpaired) electrons. The van der Waals surface area contributed by atoms with Crippen molar-refractivity contribution in [3.63, 3.8) is 0 Å². The lowest BCUT2D eigenvalue weighted by Crippen LogP contribution is -1.68. The Morgan fingerprint density at radius 3 is 2.14 bits per heavy atom. The topological polar surface area (TPSA) is 57.5 Å². The fraction of sp³-hybridized carbons (Fsp3) is 1.00. The van der Waals surface area contributed by atoms with Gasteiger partial charge < -0.3 is 9.79 Å². The number of rotatable bonds is 2. The Morgan fingerprint density at radius 2 is 2.14 bits per heavy atom. The van der Waals surface area contributed by atoms with E-state index in [9.17, 15) is 4.57 Å². The highest BCUT2D eigenvalue weighted by atomic mass is 32.7. The Kier molecular flexibility index (Phi) is 2.92. The van der Waals surface area contributed by atoms with Crippen molar-refractivity contribution in [2.45, 2.75) is 6.92 Å². The third-order valence-electron chi connectivity index (χ3n) is 0.297. The molecule has 0 aromatic rings. The highest BCUT2D eigenvalue weighted by Gasteiger charge is 2.09. The summed E-state index contributed by atoms with van der Waals surface area (Å²) in [6, 6.07) is 0. The van der Waals surface area contributed by atoms with Crippen LogP contribution in [0, 0.1) is 0 Å². The minimum Gasteiger partial charge on any atom is -0.317 e.